The fourth-order valence-corrected chi connectivity index (χ4v) is 14.3. The number of nitrogens with one attached hydrogen (secondary N) is 2. The number of fused-ring (bicyclic) bond motifs is 2. The molecule has 4 nitrogen and oxygen atoms in total. The van der Waals surface area contributed by atoms with E-state index in [1.54, 1.807) is 0 Å². The zero-order chi connectivity index (χ0) is 39.3. The van der Waals surface area contributed by atoms with Gasteiger partial charge in [0.05, 0.1) is 27.0 Å². The number of benzene rings is 8. The molecule has 0 spiro atoms. The summed E-state index contributed by atoms with van der Waals surface area (Å²) in [5.41, 5.74) is 1.45. The standard InChI is InChI=1S/C52H44N2O2P2.CH3.Pd/c55-51(49-43-29-15-13-19-37(43)33-35-47(49)57(39-21-5-1-6-22-39)40-23-7-2-8-24-40)53-45-31-17-18-32-46(45)54-52(56)50-44-30-16-14-20-38(44)34-36-48(50)58(41-25-9-3-10-26-41)42-27-11-4-12-28-42;;/h1-16,19-30,33-36,45-46H,17-18,31-32H2,(H,53,55)(H,54,56);1H3;/q;-1;/p+2/t45-,46-;;/m1../s1. The van der Waals surface area contributed by atoms with Crippen molar-refractivity contribution in [1.29, 1.82) is 0 Å². The maximum absolute atomic E-state index is 15.0. The zero-order valence-electron chi connectivity index (χ0n) is 33.6. The Morgan fingerprint density at radius 3 is 1.03 bits per heavy atom. The summed E-state index contributed by atoms with van der Waals surface area (Å²) in [5, 5.41) is 18.0. The predicted molar refractivity (Wildman–Crippen MR) is 255 cm³/mol. The van der Waals surface area contributed by atoms with Crippen molar-refractivity contribution in [1.82, 2.24) is 10.6 Å². The third-order valence-electron chi connectivity index (χ3n) is 11.5. The summed E-state index contributed by atoms with van der Waals surface area (Å²) in [7, 11) is -3.11. The maximum atomic E-state index is 15.0. The molecular formula is C53H49N2O2P2Pd+. The van der Waals surface area contributed by atoms with E-state index in [9.17, 15) is 0 Å². The number of amides is 2. The normalized spacial score (nSPS) is 14.9. The minimum Gasteiger partial charge on any atom is -0.358 e. The van der Waals surface area contributed by atoms with Crippen molar-refractivity contribution in [2.45, 2.75) is 37.8 Å². The second-order valence-electron chi connectivity index (χ2n) is 15.1. The Bertz CT molecular complexity index is 2430. The summed E-state index contributed by atoms with van der Waals surface area (Å²) in [6.45, 7) is 0. The Kier molecular flexibility index (Phi) is 14.2. The molecule has 0 bridgehead atoms. The molecule has 0 radical (unpaired) electrons. The number of rotatable bonds is 10. The van der Waals surface area contributed by atoms with Crippen LogP contribution in [0.15, 0.2) is 194 Å². The van der Waals surface area contributed by atoms with E-state index in [0.717, 1.165) is 69.0 Å². The van der Waals surface area contributed by atoms with Crippen LogP contribution in [0.1, 0.15) is 46.4 Å². The molecule has 7 heteroatoms. The van der Waals surface area contributed by atoms with Gasteiger partial charge in [-0.25, -0.2) is 0 Å². The van der Waals surface area contributed by atoms with E-state index < -0.39 is 15.8 Å². The van der Waals surface area contributed by atoms with Gasteiger partial charge in [0.25, 0.3) is 11.8 Å². The maximum Gasteiger partial charge on any atom is 0.256 e. The molecule has 0 saturated heterocycles. The van der Waals surface area contributed by atoms with Crippen LogP contribution in [0.4, 0.5) is 0 Å². The first kappa shape index (κ1) is 42.9. The fourth-order valence-electron chi connectivity index (χ4n) is 8.78. The van der Waals surface area contributed by atoms with Crippen LogP contribution in [0.3, 0.4) is 0 Å². The van der Waals surface area contributed by atoms with Crippen LogP contribution in [0.25, 0.3) is 21.5 Å². The molecule has 302 valence electrons. The van der Waals surface area contributed by atoms with E-state index in [-0.39, 0.29) is 51.7 Å². The molecule has 1 fully saturated rings. The summed E-state index contributed by atoms with van der Waals surface area (Å²) in [4.78, 5) is 30.1. The van der Waals surface area contributed by atoms with Gasteiger partial charge in [-0.1, -0.05) is 146 Å². The summed E-state index contributed by atoms with van der Waals surface area (Å²) in [5.74, 6) is -0.173. The van der Waals surface area contributed by atoms with Crippen molar-refractivity contribution in [3.63, 3.8) is 0 Å². The Balaban J connectivity index is 0.00000272. The second kappa shape index (κ2) is 19.9. The first-order chi connectivity index (χ1) is 28.6. The first-order valence-corrected chi connectivity index (χ1v) is 23.3. The summed E-state index contributed by atoms with van der Waals surface area (Å²) < 4.78 is 0. The van der Waals surface area contributed by atoms with Gasteiger partial charge in [-0.15, -0.1) is 0 Å². The van der Waals surface area contributed by atoms with E-state index in [1.165, 1.54) is 21.2 Å². The van der Waals surface area contributed by atoms with Crippen molar-refractivity contribution >= 4 is 81.0 Å². The summed E-state index contributed by atoms with van der Waals surface area (Å²) >= 11 is 0. The Morgan fingerprint density at radius 2 is 0.700 bits per heavy atom. The SMILES string of the molecule is O=C(N[C@@H]1CCCC[C@H]1NC(=O)c1c([PH+](c2ccccc2)c2ccccc2)ccc2ccccc12)c1c([PH+](c2ccccc2)c2ccccc2)ccc2ccccc12.[CH3-].[Pd]. The van der Waals surface area contributed by atoms with E-state index in [2.05, 4.69) is 156 Å². The van der Waals surface area contributed by atoms with Gasteiger partial charge >= 0.3 is 0 Å². The summed E-state index contributed by atoms with van der Waals surface area (Å²) in [6, 6.07) is 67.0. The zero-order valence-corrected chi connectivity index (χ0v) is 37.1. The number of carbonyl (C=O) groups excluding carboxylic acids is 2. The second-order valence-corrected chi connectivity index (χ2v) is 20.0. The van der Waals surface area contributed by atoms with Crippen molar-refractivity contribution in [2.75, 3.05) is 0 Å². The van der Waals surface area contributed by atoms with Crippen LogP contribution >= 0.6 is 15.8 Å². The van der Waals surface area contributed by atoms with Crippen LogP contribution in [-0.2, 0) is 20.4 Å². The smallest absolute Gasteiger partial charge is 0.256 e. The molecular weight excluding hydrogens is 865 g/mol. The van der Waals surface area contributed by atoms with Gasteiger partial charge in [0.1, 0.15) is 31.8 Å². The van der Waals surface area contributed by atoms with Gasteiger partial charge in [0.15, 0.2) is 0 Å². The fraction of sp³-hybridized carbons (Fsp3) is 0.113. The molecule has 0 aliphatic heterocycles. The molecule has 1 aliphatic rings. The molecule has 2 atom stereocenters. The topological polar surface area (TPSA) is 58.2 Å². The Hall–Kier alpha value is -5.26. The minimum absolute atomic E-state index is 0. The van der Waals surface area contributed by atoms with Gasteiger partial charge in [0, 0.05) is 32.5 Å². The molecule has 1 aliphatic carbocycles. The van der Waals surface area contributed by atoms with Crippen LogP contribution in [0, 0.1) is 7.43 Å². The van der Waals surface area contributed by atoms with Gasteiger partial charge in [-0.3, -0.25) is 9.59 Å². The van der Waals surface area contributed by atoms with Gasteiger partial charge in [0.2, 0.25) is 0 Å². The molecule has 0 heterocycles. The van der Waals surface area contributed by atoms with Crippen LogP contribution in [-0.4, -0.2) is 23.9 Å². The quantitative estimate of drug-likeness (QED) is 0.0819. The van der Waals surface area contributed by atoms with Crippen molar-refractivity contribution < 1.29 is 30.0 Å². The van der Waals surface area contributed by atoms with Gasteiger partial charge < -0.3 is 18.1 Å². The average Bonchev–Trinajstić information content (AvgIpc) is 3.28. The largest absolute Gasteiger partial charge is 0.358 e. The minimum atomic E-state index is -1.56. The molecule has 8 aromatic rings. The number of hydrogen-bond acceptors (Lipinski definition) is 2. The Morgan fingerprint density at radius 1 is 0.400 bits per heavy atom. The average molecular weight is 914 g/mol. The van der Waals surface area contributed by atoms with Gasteiger partial charge in [-0.2, -0.15) is 0 Å². The third-order valence-corrected chi connectivity index (χ3v) is 17.1. The molecule has 0 unspecified atom stereocenters. The monoisotopic (exact) mass is 913 g/mol. The first-order valence-electron chi connectivity index (χ1n) is 20.3. The van der Waals surface area contributed by atoms with Crippen molar-refractivity contribution in [2.24, 2.45) is 0 Å². The van der Waals surface area contributed by atoms with Crippen molar-refractivity contribution in [3.05, 3.63) is 213 Å². The van der Waals surface area contributed by atoms with E-state index in [0.29, 0.717) is 0 Å². The predicted octanol–water partition coefficient (Wildman–Crippen LogP) is 8.89. The van der Waals surface area contributed by atoms with Crippen LogP contribution < -0.4 is 42.5 Å². The van der Waals surface area contributed by atoms with Gasteiger partial charge in [-0.05, 0) is 95.1 Å². The van der Waals surface area contributed by atoms with Crippen molar-refractivity contribution in [3.8, 4) is 0 Å². The molecule has 1 saturated carbocycles. The molecule has 60 heavy (non-hydrogen) atoms. The molecule has 2 amide bonds. The van der Waals surface area contributed by atoms with E-state index >= 15 is 9.59 Å². The molecule has 8 aromatic carbocycles. The van der Waals surface area contributed by atoms with E-state index in [1.807, 2.05) is 48.5 Å². The molecule has 0 aromatic heterocycles. The van der Waals surface area contributed by atoms with E-state index in [4.69, 9.17) is 0 Å². The molecule has 2 N–H and O–H groups in total. The van der Waals surface area contributed by atoms with Crippen LogP contribution in [0.5, 0.6) is 0 Å². The Labute approximate surface area is 370 Å². The summed E-state index contributed by atoms with van der Waals surface area (Å²) in [6.07, 6.45) is 3.55. The molecule has 9 rings (SSSR count). The third kappa shape index (κ3) is 8.93. The van der Waals surface area contributed by atoms with Crippen LogP contribution in [0.2, 0.25) is 0 Å². The number of carbonyl (C=O) groups is 2. The number of hydrogen-bond donors (Lipinski definition) is 2.